The molecule has 0 fully saturated rings. The second kappa shape index (κ2) is 8.67. The van der Waals surface area contributed by atoms with E-state index in [9.17, 15) is 0 Å². The fourth-order valence-electron chi connectivity index (χ4n) is 3.64. The Balaban J connectivity index is 1.49. The van der Waals surface area contributed by atoms with E-state index in [0.717, 1.165) is 24.3 Å². The van der Waals surface area contributed by atoms with E-state index in [2.05, 4.69) is 94.4 Å². The summed E-state index contributed by atoms with van der Waals surface area (Å²) in [4.78, 5) is 4.17. The van der Waals surface area contributed by atoms with Crippen molar-refractivity contribution in [3.05, 3.63) is 85.1 Å². The van der Waals surface area contributed by atoms with Crippen molar-refractivity contribution in [1.29, 1.82) is 0 Å². The fourth-order valence-corrected chi connectivity index (χ4v) is 3.64. The lowest BCUT2D eigenvalue weighted by atomic mass is 9.86. The molecule has 5 nitrogen and oxygen atoms in total. The van der Waals surface area contributed by atoms with E-state index in [1.54, 1.807) is 0 Å². The van der Waals surface area contributed by atoms with Gasteiger partial charge < -0.3 is 9.88 Å². The van der Waals surface area contributed by atoms with Gasteiger partial charge in [-0.05, 0) is 22.1 Å². The van der Waals surface area contributed by atoms with E-state index in [1.165, 1.54) is 16.7 Å². The molecule has 30 heavy (non-hydrogen) atoms. The zero-order chi connectivity index (χ0) is 21.0. The molecule has 154 valence electrons. The van der Waals surface area contributed by atoms with Gasteiger partial charge in [0.05, 0.1) is 18.2 Å². The summed E-state index contributed by atoms with van der Waals surface area (Å²) in [5.41, 5.74) is 5.94. The van der Waals surface area contributed by atoms with E-state index >= 15 is 0 Å². The number of hydrogen-bond donors (Lipinski definition) is 2. The van der Waals surface area contributed by atoms with Crippen LogP contribution in [-0.2, 0) is 13.1 Å². The van der Waals surface area contributed by atoms with Gasteiger partial charge in [0.25, 0.3) is 0 Å². The van der Waals surface area contributed by atoms with Crippen LogP contribution < -0.4 is 5.32 Å². The summed E-state index contributed by atoms with van der Waals surface area (Å²) in [7, 11) is 0. The van der Waals surface area contributed by atoms with Crippen LogP contribution in [0.3, 0.4) is 0 Å². The Kier molecular flexibility index (Phi) is 5.81. The monoisotopic (exact) mass is 399 g/mol. The first-order valence-electron chi connectivity index (χ1n) is 10.4. The fraction of sp³-hybridized carbons (Fsp3) is 0.280. The lowest BCUT2D eigenvalue weighted by molar-refractivity contribution is 0.240. The molecule has 2 heterocycles. The van der Waals surface area contributed by atoms with Crippen molar-refractivity contribution < 1.29 is 0 Å². The third kappa shape index (κ3) is 4.69. The van der Waals surface area contributed by atoms with Crippen molar-refractivity contribution in [3.63, 3.8) is 0 Å². The minimum atomic E-state index is 0.117. The zero-order valence-corrected chi connectivity index (χ0v) is 17.8. The van der Waals surface area contributed by atoms with Crippen LogP contribution in [-0.4, -0.2) is 25.8 Å². The van der Waals surface area contributed by atoms with E-state index < -0.39 is 0 Å². The first-order chi connectivity index (χ1) is 14.5. The predicted octanol–water partition coefficient (Wildman–Crippen LogP) is 5.14. The molecule has 5 heteroatoms. The maximum absolute atomic E-state index is 4.31. The van der Waals surface area contributed by atoms with Crippen LogP contribution in [0.2, 0.25) is 0 Å². The first-order valence-corrected chi connectivity index (χ1v) is 10.4. The van der Waals surface area contributed by atoms with Crippen molar-refractivity contribution in [2.75, 3.05) is 0 Å². The van der Waals surface area contributed by atoms with E-state index in [4.69, 9.17) is 0 Å². The SMILES string of the molecule is CC(C)(C)[C@H](Cn1ccnc1)NCc1cn[nH]c1-c1ccc(-c2ccccc2)cc1. The van der Waals surface area contributed by atoms with Crippen molar-refractivity contribution >= 4 is 0 Å². The van der Waals surface area contributed by atoms with Crippen molar-refractivity contribution in [3.8, 4) is 22.4 Å². The van der Waals surface area contributed by atoms with E-state index in [0.29, 0.717) is 6.04 Å². The molecule has 0 aliphatic rings. The van der Waals surface area contributed by atoms with Crippen LogP contribution in [0.1, 0.15) is 26.3 Å². The smallest absolute Gasteiger partial charge is 0.0946 e. The maximum Gasteiger partial charge on any atom is 0.0946 e. The Bertz CT molecular complexity index is 1040. The van der Waals surface area contributed by atoms with Crippen molar-refractivity contribution in [1.82, 2.24) is 25.1 Å². The van der Waals surface area contributed by atoms with Gasteiger partial charge in [0.15, 0.2) is 0 Å². The summed E-state index contributed by atoms with van der Waals surface area (Å²) in [5.74, 6) is 0. The lowest BCUT2D eigenvalue weighted by Gasteiger charge is -2.32. The molecule has 2 N–H and O–H groups in total. The van der Waals surface area contributed by atoms with Crippen molar-refractivity contribution in [2.45, 2.75) is 39.9 Å². The van der Waals surface area contributed by atoms with Gasteiger partial charge in [0.1, 0.15) is 0 Å². The van der Waals surface area contributed by atoms with Crippen LogP contribution in [0.5, 0.6) is 0 Å². The Morgan fingerprint density at radius 2 is 1.67 bits per heavy atom. The third-order valence-electron chi connectivity index (χ3n) is 5.54. The Morgan fingerprint density at radius 3 is 2.33 bits per heavy atom. The molecule has 4 rings (SSSR count). The molecule has 0 aliphatic carbocycles. The normalized spacial score (nSPS) is 12.8. The first kappa shape index (κ1) is 20.1. The molecule has 0 radical (unpaired) electrons. The molecule has 0 unspecified atom stereocenters. The molecule has 0 aliphatic heterocycles. The largest absolute Gasteiger partial charge is 0.336 e. The molecular weight excluding hydrogens is 370 g/mol. The summed E-state index contributed by atoms with van der Waals surface area (Å²) < 4.78 is 2.13. The average molecular weight is 400 g/mol. The van der Waals surface area contributed by atoms with E-state index in [-0.39, 0.29) is 5.41 Å². The topological polar surface area (TPSA) is 58.5 Å². The van der Waals surface area contributed by atoms with Crippen molar-refractivity contribution in [2.24, 2.45) is 5.41 Å². The standard InChI is InChI=1S/C25H29N5/c1-25(2,3)23(17-30-14-13-26-18-30)27-15-22-16-28-29-24(22)21-11-9-20(10-12-21)19-7-5-4-6-8-19/h4-14,16,18,23,27H,15,17H2,1-3H3,(H,28,29)/t23-/m0/s1. The van der Waals surface area contributed by atoms with Crippen LogP contribution >= 0.6 is 0 Å². The minimum Gasteiger partial charge on any atom is -0.336 e. The lowest BCUT2D eigenvalue weighted by Crippen LogP contribution is -2.43. The quantitative estimate of drug-likeness (QED) is 0.452. The Hall–Kier alpha value is -3.18. The molecule has 0 amide bonds. The van der Waals surface area contributed by atoms with Crippen LogP contribution in [0.15, 0.2) is 79.5 Å². The summed E-state index contributed by atoms with van der Waals surface area (Å²) >= 11 is 0. The highest BCUT2D eigenvalue weighted by Gasteiger charge is 2.25. The highest BCUT2D eigenvalue weighted by molar-refractivity contribution is 5.69. The second-order valence-electron chi connectivity index (χ2n) is 8.77. The van der Waals surface area contributed by atoms with Gasteiger partial charge in [-0.2, -0.15) is 5.10 Å². The molecule has 0 saturated carbocycles. The number of benzene rings is 2. The zero-order valence-electron chi connectivity index (χ0n) is 17.8. The van der Waals surface area contributed by atoms with Gasteiger partial charge in [-0.15, -0.1) is 0 Å². The number of nitrogens with one attached hydrogen (secondary N) is 2. The summed E-state index contributed by atoms with van der Waals surface area (Å²) in [6.07, 6.45) is 7.63. The van der Waals surface area contributed by atoms with Gasteiger partial charge in [0, 0.05) is 37.1 Å². The number of aromatic nitrogens is 4. The highest BCUT2D eigenvalue weighted by atomic mass is 15.1. The van der Waals surface area contributed by atoms with E-state index in [1.807, 2.05) is 31.0 Å². The Morgan fingerprint density at radius 1 is 0.967 bits per heavy atom. The predicted molar refractivity (Wildman–Crippen MR) is 122 cm³/mol. The van der Waals surface area contributed by atoms with Gasteiger partial charge in [-0.1, -0.05) is 75.4 Å². The molecule has 4 aromatic rings. The molecule has 2 aromatic heterocycles. The molecule has 0 bridgehead atoms. The van der Waals surface area contributed by atoms with Gasteiger partial charge in [-0.3, -0.25) is 5.10 Å². The molecule has 1 atom stereocenters. The summed E-state index contributed by atoms with van der Waals surface area (Å²) in [6.45, 7) is 8.42. The number of hydrogen-bond acceptors (Lipinski definition) is 3. The number of nitrogens with zero attached hydrogens (tertiary/aromatic N) is 3. The van der Waals surface area contributed by atoms with Gasteiger partial charge in [-0.25, -0.2) is 4.98 Å². The average Bonchev–Trinajstić information content (AvgIpc) is 3.43. The summed E-state index contributed by atoms with van der Waals surface area (Å²) in [6, 6.07) is 19.4. The molecular formula is C25H29N5. The number of aromatic amines is 1. The molecule has 0 saturated heterocycles. The summed E-state index contributed by atoms with van der Waals surface area (Å²) in [5, 5.41) is 11.2. The maximum atomic E-state index is 4.31. The third-order valence-corrected chi connectivity index (χ3v) is 5.54. The number of H-pyrrole nitrogens is 1. The van der Waals surface area contributed by atoms with Crippen LogP contribution in [0.25, 0.3) is 22.4 Å². The number of rotatable bonds is 7. The van der Waals surface area contributed by atoms with Gasteiger partial charge >= 0.3 is 0 Å². The Labute approximate surface area is 178 Å². The van der Waals surface area contributed by atoms with Crippen LogP contribution in [0.4, 0.5) is 0 Å². The minimum absolute atomic E-state index is 0.117. The second-order valence-corrected chi connectivity index (χ2v) is 8.77. The molecule has 2 aromatic carbocycles. The van der Waals surface area contributed by atoms with Crippen LogP contribution in [0, 0.1) is 5.41 Å². The highest BCUT2D eigenvalue weighted by Crippen LogP contribution is 2.27. The molecule has 0 spiro atoms. The van der Waals surface area contributed by atoms with Gasteiger partial charge in [0.2, 0.25) is 0 Å². The number of imidazole rings is 1.